The summed E-state index contributed by atoms with van der Waals surface area (Å²) in [7, 11) is 0. The number of hydrazine groups is 1. The predicted octanol–water partition coefficient (Wildman–Crippen LogP) is 2.72. The van der Waals surface area contributed by atoms with E-state index in [0.29, 0.717) is 25.1 Å². The zero-order valence-corrected chi connectivity index (χ0v) is 29.9. The maximum atomic E-state index is 14.1. The van der Waals surface area contributed by atoms with Crippen molar-refractivity contribution in [3.63, 3.8) is 0 Å². The summed E-state index contributed by atoms with van der Waals surface area (Å²) in [6.07, 6.45) is 8.84. The Morgan fingerprint density at radius 2 is 1.82 bits per heavy atom. The third-order valence-electron chi connectivity index (χ3n) is 8.01. The fraction of sp³-hybridized carbons (Fsp3) is 0.600. The summed E-state index contributed by atoms with van der Waals surface area (Å²) < 4.78 is 17.5. The van der Waals surface area contributed by atoms with Crippen LogP contribution in [0.2, 0.25) is 0 Å². The van der Waals surface area contributed by atoms with Gasteiger partial charge < -0.3 is 29.7 Å². The molecule has 0 aromatic carbocycles. The Hall–Kier alpha value is -4.30. The highest BCUT2D eigenvalue weighted by Crippen LogP contribution is 2.26. The number of aliphatic imine (C=N–C) groups is 1. The van der Waals surface area contributed by atoms with Crippen LogP contribution in [0.15, 0.2) is 53.7 Å². The van der Waals surface area contributed by atoms with Gasteiger partial charge >= 0.3 is 12.1 Å². The Morgan fingerprint density at radius 1 is 1.12 bits per heavy atom. The molecule has 2 saturated heterocycles. The van der Waals surface area contributed by atoms with Gasteiger partial charge in [0, 0.05) is 19.3 Å². The number of esters is 1. The Balaban J connectivity index is 2.13. The SMILES string of the molecule is C=C/C=C(C)/C=C\C1=N/C=C/C2(CN(C(=O)OC(C)(C)C)CCO2)C(=O)O[C@@H](C(C)C)C(=O)N[C@@H](C)C(=O)N2CCC[C@H](N2)C(=O)NC1C. The molecular weight excluding hydrogens is 632 g/mol. The van der Waals surface area contributed by atoms with E-state index >= 15 is 0 Å². The summed E-state index contributed by atoms with van der Waals surface area (Å²) in [6, 6.07) is -2.31. The normalized spacial score (nSPS) is 30.1. The molecular formula is C35H52N6O8. The van der Waals surface area contributed by atoms with Crippen molar-refractivity contribution in [2.75, 3.05) is 26.2 Å². The van der Waals surface area contributed by atoms with E-state index in [1.807, 2.05) is 13.0 Å². The fourth-order valence-electron chi connectivity index (χ4n) is 5.34. The van der Waals surface area contributed by atoms with E-state index in [1.54, 1.807) is 59.8 Å². The van der Waals surface area contributed by atoms with Crippen molar-refractivity contribution in [1.29, 1.82) is 0 Å². The minimum Gasteiger partial charge on any atom is -0.450 e. The number of hydrogen-bond acceptors (Lipinski definition) is 10. The van der Waals surface area contributed by atoms with Gasteiger partial charge in [-0.25, -0.2) is 15.0 Å². The van der Waals surface area contributed by atoms with Gasteiger partial charge in [-0.15, -0.1) is 0 Å². The quantitative estimate of drug-likeness (QED) is 0.298. The third kappa shape index (κ3) is 10.8. The van der Waals surface area contributed by atoms with Crippen LogP contribution in [-0.4, -0.2) is 107 Å². The van der Waals surface area contributed by atoms with Crippen molar-refractivity contribution in [3.8, 4) is 0 Å². The van der Waals surface area contributed by atoms with Crippen molar-refractivity contribution < 1.29 is 38.2 Å². The van der Waals surface area contributed by atoms with Gasteiger partial charge in [-0.3, -0.25) is 24.4 Å². The number of rotatable bonds is 4. The molecule has 3 N–H and O–H groups in total. The van der Waals surface area contributed by atoms with Crippen LogP contribution < -0.4 is 16.1 Å². The van der Waals surface area contributed by atoms with Gasteiger partial charge in [0.25, 0.3) is 11.8 Å². The summed E-state index contributed by atoms with van der Waals surface area (Å²) in [4.78, 5) is 73.5. The van der Waals surface area contributed by atoms with Crippen LogP contribution in [0.3, 0.4) is 0 Å². The molecule has 270 valence electrons. The lowest BCUT2D eigenvalue weighted by molar-refractivity contribution is -0.184. The van der Waals surface area contributed by atoms with Gasteiger partial charge in [-0.05, 0) is 72.5 Å². The van der Waals surface area contributed by atoms with E-state index < -0.39 is 65.2 Å². The van der Waals surface area contributed by atoms with E-state index in [2.05, 4.69) is 27.6 Å². The summed E-state index contributed by atoms with van der Waals surface area (Å²) >= 11 is 0. The highest BCUT2D eigenvalue weighted by atomic mass is 16.6. The molecule has 3 aliphatic rings. The number of carbonyl (C=O) groups is 5. The molecule has 4 amide bonds. The van der Waals surface area contributed by atoms with Gasteiger partial charge in [-0.2, -0.15) is 0 Å². The Kier molecular flexibility index (Phi) is 13.5. The topological polar surface area (TPSA) is 168 Å². The van der Waals surface area contributed by atoms with Gasteiger partial charge in [0.1, 0.15) is 17.7 Å². The number of amides is 4. The van der Waals surface area contributed by atoms with Crippen LogP contribution >= 0.6 is 0 Å². The first kappa shape index (κ1) is 39.1. The second kappa shape index (κ2) is 16.9. The largest absolute Gasteiger partial charge is 0.450 e. The van der Waals surface area contributed by atoms with Crippen LogP contribution in [-0.2, 0) is 33.4 Å². The lowest BCUT2D eigenvalue weighted by Gasteiger charge is -2.40. The number of carbonyl (C=O) groups excluding carboxylic acids is 5. The Morgan fingerprint density at radius 3 is 2.47 bits per heavy atom. The van der Waals surface area contributed by atoms with Crippen LogP contribution in [0.4, 0.5) is 4.79 Å². The molecule has 0 radical (unpaired) electrons. The number of allylic oxidation sites excluding steroid dienone is 4. The summed E-state index contributed by atoms with van der Waals surface area (Å²) in [5, 5.41) is 6.95. The molecule has 0 saturated carbocycles. The zero-order chi connectivity index (χ0) is 36.5. The number of ether oxygens (including phenoxy) is 3. The number of fused-ring (bicyclic) bond motifs is 2. The van der Waals surface area contributed by atoms with Crippen molar-refractivity contribution in [3.05, 3.63) is 48.7 Å². The predicted molar refractivity (Wildman–Crippen MR) is 184 cm³/mol. The molecule has 14 heteroatoms. The van der Waals surface area contributed by atoms with Gasteiger partial charge in [0.2, 0.25) is 11.5 Å². The molecule has 49 heavy (non-hydrogen) atoms. The second-order valence-electron chi connectivity index (χ2n) is 13.8. The minimum absolute atomic E-state index is 0.0402. The van der Waals surface area contributed by atoms with E-state index in [-0.39, 0.29) is 25.6 Å². The molecule has 2 unspecified atom stereocenters. The summed E-state index contributed by atoms with van der Waals surface area (Å²) in [6.45, 7) is 17.7. The van der Waals surface area contributed by atoms with Crippen molar-refractivity contribution >= 4 is 35.5 Å². The average Bonchev–Trinajstić information content (AvgIpc) is 3.03. The molecule has 3 heterocycles. The van der Waals surface area contributed by atoms with Crippen molar-refractivity contribution in [2.45, 2.75) is 104 Å². The molecule has 2 bridgehead atoms. The maximum Gasteiger partial charge on any atom is 0.410 e. The number of nitrogens with one attached hydrogen (secondary N) is 3. The first-order chi connectivity index (χ1) is 23.0. The third-order valence-corrected chi connectivity index (χ3v) is 8.01. The van der Waals surface area contributed by atoms with E-state index in [1.165, 1.54) is 29.1 Å². The zero-order valence-electron chi connectivity index (χ0n) is 29.9. The minimum atomic E-state index is -1.87. The highest BCUT2D eigenvalue weighted by molar-refractivity contribution is 6.02. The fourth-order valence-corrected chi connectivity index (χ4v) is 5.34. The van der Waals surface area contributed by atoms with Crippen LogP contribution in [0.25, 0.3) is 0 Å². The molecule has 3 aliphatic heterocycles. The monoisotopic (exact) mass is 684 g/mol. The lowest BCUT2D eigenvalue weighted by Crippen LogP contribution is -2.62. The molecule has 2 fully saturated rings. The summed E-state index contributed by atoms with van der Waals surface area (Å²) in [5.74, 6) is -2.89. The Labute approximate surface area is 289 Å². The Bertz CT molecular complexity index is 1400. The molecule has 0 aliphatic carbocycles. The van der Waals surface area contributed by atoms with E-state index in [0.717, 1.165) is 5.57 Å². The maximum absolute atomic E-state index is 14.1. The molecule has 0 aromatic heterocycles. The standard InChI is InChI=1S/C35H52N6O8/c1-10-12-23(4)14-15-26-24(5)37-29(42)27-13-11-18-41(39-27)31(44)25(6)38-30(43)28(22(2)3)48-32(45)35(16-17-36-26)21-40(19-20-47-35)33(46)49-34(7,8)9/h10,12,14-17,22,24-25,27-28,39H,1,11,13,18-21H2,2-9H3,(H,37,42)(H,38,43)/b15-14-,17-16+,23-12+,36-26+/t24?,25-,27-,28-,35?/m0/s1. The smallest absolute Gasteiger partial charge is 0.410 e. The molecule has 5 atom stereocenters. The van der Waals surface area contributed by atoms with Gasteiger partial charge in [-0.1, -0.05) is 44.2 Å². The van der Waals surface area contributed by atoms with Crippen LogP contribution in [0.1, 0.15) is 68.2 Å². The van der Waals surface area contributed by atoms with Crippen LogP contribution in [0, 0.1) is 5.92 Å². The lowest BCUT2D eigenvalue weighted by atomic mass is 10.00. The van der Waals surface area contributed by atoms with Gasteiger partial charge in [0.05, 0.1) is 24.9 Å². The first-order valence-electron chi connectivity index (χ1n) is 16.7. The number of morpholine rings is 1. The first-order valence-corrected chi connectivity index (χ1v) is 16.7. The van der Waals surface area contributed by atoms with E-state index in [9.17, 15) is 24.0 Å². The summed E-state index contributed by atoms with van der Waals surface area (Å²) in [5.41, 5.74) is 1.64. The molecule has 14 nitrogen and oxygen atoms in total. The van der Waals surface area contributed by atoms with Crippen LogP contribution in [0.5, 0.6) is 0 Å². The average molecular weight is 685 g/mol. The highest BCUT2D eigenvalue weighted by Gasteiger charge is 2.47. The number of nitrogens with zero attached hydrogens (tertiary/aromatic N) is 3. The molecule has 1 spiro atoms. The molecule has 3 rings (SSSR count). The number of hydrogen-bond donors (Lipinski definition) is 3. The second-order valence-corrected chi connectivity index (χ2v) is 13.8. The van der Waals surface area contributed by atoms with Crippen molar-refractivity contribution in [2.24, 2.45) is 10.9 Å². The van der Waals surface area contributed by atoms with E-state index in [4.69, 9.17) is 14.2 Å². The number of cyclic esters (lactones) is 1. The molecule has 0 aromatic rings. The van der Waals surface area contributed by atoms with Gasteiger partial charge in [0.15, 0.2) is 6.10 Å². The van der Waals surface area contributed by atoms with Crippen molar-refractivity contribution in [1.82, 2.24) is 26.0 Å².